The Hall–Kier alpha value is -1.97. The van der Waals surface area contributed by atoms with Crippen LogP contribution in [0, 0.1) is 0 Å². The van der Waals surface area contributed by atoms with Crippen molar-refractivity contribution in [2.75, 3.05) is 12.8 Å². The second-order valence-corrected chi connectivity index (χ2v) is 3.33. The number of methoxy groups -OCH3 is 1. The van der Waals surface area contributed by atoms with E-state index in [0.29, 0.717) is 11.4 Å². The van der Waals surface area contributed by atoms with E-state index in [1.54, 1.807) is 11.8 Å². The lowest BCUT2D eigenvalue weighted by Gasteiger charge is -2.05. The van der Waals surface area contributed by atoms with Gasteiger partial charge in [-0.2, -0.15) is 5.10 Å². The van der Waals surface area contributed by atoms with Crippen LogP contribution in [0.4, 0.5) is 5.69 Å². The van der Waals surface area contributed by atoms with Crippen LogP contribution < -0.4 is 10.5 Å². The van der Waals surface area contributed by atoms with Crippen molar-refractivity contribution in [1.29, 1.82) is 0 Å². The molecule has 1 heterocycles. The van der Waals surface area contributed by atoms with Crippen LogP contribution in [0.2, 0.25) is 0 Å². The van der Waals surface area contributed by atoms with Crippen LogP contribution >= 0.6 is 0 Å². The highest BCUT2D eigenvalue weighted by atomic mass is 16.5. The van der Waals surface area contributed by atoms with Gasteiger partial charge < -0.3 is 10.5 Å². The normalized spacial score (nSPS) is 10.3. The van der Waals surface area contributed by atoms with Crippen molar-refractivity contribution >= 4 is 5.69 Å². The molecule has 0 aliphatic rings. The summed E-state index contributed by atoms with van der Waals surface area (Å²) >= 11 is 0. The molecule has 1 aromatic carbocycles. The molecular formula is C11H13N3O. The number of anilines is 1. The van der Waals surface area contributed by atoms with Crippen molar-refractivity contribution in [2.24, 2.45) is 7.05 Å². The first-order chi connectivity index (χ1) is 7.20. The summed E-state index contributed by atoms with van der Waals surface area (Å²) in [7, 11) is 3.49. The third-order valence-corrected chi connectivity index (χ3v) is 2.24. The molecule has 0 aliphatic carbocycles. The van der Waals surface area contributed by atoms with Gasteiger partial charge in [0.05, 0.1) is 18.5 Å². The number of aromatic nitrogens is 2. The zero-order valence-corrected chi connectivity index (χ0v) is 8.77. The molecule has 1 aromatic heterocycles. The first kappa shape index (κ1) is 9.58. The highest BCUT2D eigenvalue weighted by molar-refractivity contribution is 5.67. The molecule has 0 radical (unpaired) electrons. The maximum absolute atomic E-state index is 5.73. The van der Waals surface area contributed by atoms with Crippen molar-refractivity contribution in [3.8, 4) is 17.0 Å². The maximum atomic E-state index is 5.73. The monoisotopic (exact) mass is 203 g/mol. The van der Waals surface area contributed by atoms with Crippen molar-refractivity contribution in [2.45, 2.75) is 0 Å². The molecule has 0 spiro atoms. The zero-order chi connectivity index (χ0) is 10.8. The molecule has 0 unspecified atom stereocenters. The van der Waals surface area contributed by atoms with Crippen molar-refractivity contribution in [3.05, 3.63) is 30.5 Å². The summed E-state index contributed by atoms with van der Waals surface area (Å²) in [6.45, 7) is 0. The number of rotatable bonds is 2. The second-order valence-electron chi connectivity index (χ2n) is 3.33. The fourth-order valence-electron chi connectivity index (χ4n) is 1.44. The summed E-state index contributed by atoms with van der Waals surface area (Å²) in [4.78, 5) is 0. The average molecular weight is 203 g/mol. The van der Waals surface area contributed by atoms with Crippen LogP contribution in [0.3, 0.4) is 0 Å². The molecule has 0 saturated heterocycles. The fraction of sp³-hybridized carbons (Fsp3) is 0.182. The Bertz CT molecular complexity index is 476. The fourth-order valence-corrected chi connectivity index (χ4v) is 1.44. The van der Waals surface area contributed by atoms with E-state index in [0.717, 1.165) is 11.3 Å². The van der Waals surface area contributed by atoms with E-state index >= 15 is 0 Å². The lowest BCUT2D eigenvalue weighted by atomic mass is 10.1. The Morgan fingerprint density at radius 3 is 2.73 bits per heavy atom. The molecule has 0 bridgehead atoms. The topological polar surface area (TPSA) is 53.1 Å². The lowest BCUT2D eigenvalue weighted by molar-refractivity contribution is 0.417. The van der Waals surface area contributed by atoms with Gasteiger partial charge in [-0.25, -0.2) is 0 Å². The summed E-state index contributed by atoms with van der Waals surface area (Å²) in [6.07, 6.45) is 1.90. The predicted octanol–water partition coefficient (Wildman–Crippen LogP) is 1.68. The van der Waals surface area contributed by atoms with E-state index in [1.165, 1.54) is 0 Å². The maximum Gasteiger partial charge on any atom is 0.142 e. The lowest BCUT2D eigenvalue weighted by Crippen LogP contribution is -1.93. The zero-order valence-electron chi connectivity index (χ0n) is 8.77. The number of nitrogen functional groups attached to an aromatic ring is 1. The molecule has 0 saturated carbocycles. The standard InChI is InChI=1S/C11H13N3O/c1-14-6-5-10(13-14)8-3-4-9(12)11(7-8)15-2/h3-7H,12H2,1-2H3. The number of nitrogens with two attached hydrogens (primary N) is 1. The van der Waals surface area contributed by atoms with Gasteiger partial charge in [0.15, 0.2) is 0 Å². The minimum absolute atomic E-state index is 0.636. The Kier molecular flexibility index (Phi) is 2.33. The molecule has 2 rings (SSSR count). The van der Waals surface area contributed by atoms with E-state index in [4.69, 9.17) is 10.5 Å². The van der Waals surface area contributed by atoms with Gasteiger partial charge >= 0.3 is 0 Å². The minimum Gasteiger partial charge on any atom is -0.495 e. The van der Waals surface area contributed by atoms with E-state index in [1.807, 2.05) is 37.5 Å². The Labute approximate surface area is 88.3 Å². The van der Waals surface area contributed by atoms with Crippen molar-refractivity contribution in [3.63, 3.8) is 0 Å². The Morgan fingerprint density at radius 1 is 1.33 bits per heavy atom. The largest absolute Gasteiger partial charge is 0.495 e. The van der Waals surface area contributed by atoms with Gasteiger partial charge in [-0.3, -0.25) is 4.68 Å². The molecule has 15 heavy (non-hydrogen) atoms. The van der Waals surface area contributed by atoms with Gasteiger partial charge in [-0.15, -0.1) is 0 Å². The molecule has 2 N–H and O–H groups in total. The summed E-state index contributed by atoms with van der Waals surface area (Å²) < 4.78 is 6.92. The van der Waals surface area contributed by atoms with Crippen LogP contribution in [0.5, 0.6) is 5.75 Å². The molecule has 4 nitrogen and oxygen atoms in total. The molecule has 4 heteroatoms. The predicted molar refractivity (Wildman–Crippen MR) is 59.6 cm³/mol. The van der Waals surface area contributed by atoms with Crippen LogP contribution in [0.25, 0.3) is 11.3 Å². The number of nitrogens with zero attached hydrogens (tertiary/aromatic N) is 2. The highest BCUT2D eigenvalue weighted by Crippen LogP contribution is 2.27. The molecule has 0 aliphatic heterocycles. The first-order valence-electron chi connectivity index (χ1n) is 4.64. The van der Waals surface area contributed by atoms with E-state index < -0.39 is 0 Å². The van der Waals surface area contributed by atoms with Gasteiger partial charge in [0.2, 0.25) is 0 Å². The number of aryl methyl sites for hydroxylation is 1. The second kappa shape index (κ2) is 3.65. The smallest absolute Gasteiger partial charge is 0.142 e. The molecular weight excluding hydrogens is 190 g/mol. The summed E-state index contributed by atoms with van der Waals surface area (Å²) in [5, 5.41) is 4.31. The Balaban J connectivity index is 2.45. The van der Waals surface area contributed by atoms with Crippen LogP contribution in [0.15, 0.2) is 30.5 Å². The molecule has 0 atom stereocenters. The average Bonchev–Trinajstić information content (AvgIpc) is 2.66. The van der Waals surface area contributed by atoms with Crippen LogP contribution in [-0.4, -0.2) is 16.9 Å². The summed E-state index contributed by atoms with van der Waals surface area (Å²) in [5.74, 6) is 0.679. The number of hydrogen-bond acceptors (Lipinski definition) is 3. The van der Waals surface area contributed by atoms with Gasteiger partial charge in [-0.05, 0) is 18.2 Å². The first-order valence-corrected chi connectivity index (χ1v) is 4.64. The quantitative estimate of drug-likeness (QED) is 0.755. The third-order valence-electron chi connectivity index (χ3n) is 2.24. The molecule has 2 aromatic rings. The van der Waals surface area contributed by atoms with Gasteiger partial charge in [0, 0.05) is 18.8 Å². The highest BCUT2D eigenvalue weighted by Gasteiger charge is 2.05. The van der Waals surface area contributed by atoms with Crippen LogP contribution in [0.1, 0.15) is 0 Å². The molecule has 0 amide bonds. The molecule has 0 fully saturated rings. The van der Waals surface area contributed by atoms with Crippen LogP contribution in [-0.2, 0) is 7.05 Å². The van der Waals surface area contributed by atoms with Gasteiger partial charge in [0.1, 0.15) is 5.75 Å². The van der Waals surface area contributed by atoms with Gasteiger partial charge in [0.25, 0.3) is 0 Å². The van der Waals surface area contributed by atoms with Crippen molar-refractivity contribution in [1.82, 2.24) is 9.78 Å². The van der Waals surface area contributed by atoms with E-state index in [2.05, 4.69) is 5.10 Å². The van der Waals surface area contributed by atoms with Crippen molar-refractivity contribution < 1.29 is 4.74 Å². The summed E-state index contributed by atoms with van der Waals surface area (Å²) in [6, 6.07) is 7.59. The number of benzene rings is 1. The number of ether oxygens (including phenoxy) is 1. The Morgan fingerprint density at radius 2 is 2.13 bits per heavy atom. The van der Waals surface area contributed by atoms with Gasteiger partial charge in [-0.1, -0.05) is 6.07 Å². The number of hydrogen-bond donors (Lipinski definition) is 1. The minimum atomic E-state index is 0.636. The van der Waals surface area contributed by atoms with E-state index in [9.17, 15) is 0 Å². The SMILES string of the molecule is COc1cc(-c2ccn(C)n2)ccc1N. The molecule has 78 valence electrons. The van der Waals surface area contributed by atoms with E-state index in [-0.39, 0.29) is 0 Å². The summed E-state index contributed by atoms with van der Waals surface area (Å²) in [5.41, 5.74) is 8.28. The third kappa shape index (κ3) is 1.79.